The Morgan fingerprint density at radius 1 is 1.15 bits per heavy atom. The molecule has 1 amide bonds. The van der Waals surface area contributed by atoms with E-state index in [1.54, 1.807) is 12.1 Å². The summed E-state index contributed by atoms with van der Waals surface area (Å²) >= 11 is 0. The van der Waals surface area contributed by atoms with Gasteiger partial charge in [0.15, 0.2) is 6.29 Å². The fourth-order valence-corrected chi connectivity index (χ4v) is 6.48. The molecular formula is C28H37N3O8S. The van der Waals surface area contributed by atoms with Crippen LogP contribution in [0.1, 0.15) is 25.8 Å². The zero-order valence-corrected chi connectivity index (χ0v) is 23.7. The van der Waals surface area contributed by atoms with E-state index in [0.29, 0.717) is 12.4 Å². The Bertz CT molecular complexity index is 1250. The number of hydrogen-bond donors (Lipinski definition) is 2. The molecule has 0 aromatic heterocycles. The molecule has 4 rings (SSSR count). The number of rotatable bonds is 12. The highest BCUT2D eigenvalue weighted by atomic mass is 32.2. The molecular weight excluding hydrogens is 538 g/mol. The molecule has 2 aromatic carbocycles. The molecule has 2 N–H and O–H groups in total. The Hall–Kier alpha value is -3.19. The lowest BCUT2D eigenvalue weighted by Crippen LogP contribution is -2.49. The molecule has 12 heteroatoms. The van der Waals surface area contributed by atoms with Gasteiger partial charge in [-0.25, -0.2) is 13.2 Å². The number of amides is 1. The molecule has 0 radical (unpaired) electrons. The van der Waals surface area contributed by atoms with Gasteiger partial charge in [-0.3, -0.25) is 0 Å². The minimum Gasteiger partial charge on any atom is -0.497 e. The number of methoxy groups -OCH3 is 1. The van der Waals surface area contributed by atoms with E-state index in [9.17, 15) is 18.4 Å². The molecule has 2 heterocycles. The summed E-state index contributed by atoms with van der Waals surface area (Å²) in [6.45, 7) is 4.49. The van der Waals surface area contributed by atoms with Gasteiger partial charge in [0.2, 0.25) is 10.0 Å². The predicted octanol–water partition coefficient (Wildman–Crippen LogP) is 3.27. The van der Waals surface area contributed by atoms with Crippen molar-refractivity contribution in [2.24, 2.45) is 17.0 Å². The minimum atomic E-state index is -3.98. The smallest absolute Gasteiger partial charge is 0.408 e. The maximum atomic E-state index is 13.7. The normalized spacial score (nSPS) is 21.8. The Morgan fingerprint density at radius 3 is 2.52 bits per heavy atom. The number of nitrogens with zero attached hydrogens (tertiary/aromatic N) is 2. The first-order valence-corrected chi connectivity index (χ1v) is 14.7. The Kier molecular flexibility index (Phi) is 10.0. The molecule has 0 saturated carbocycles. The molecule has 0 spiro atoms. The van der Waals surface area contributed by atoms with Gasteiger partial charge in [0.25, 0.3) is 0 Å². The van der Waals surface area contributed by atoms with Crippen molar-refractivity contribution in [1.29, 1.82) is 0 Å². The van der Waals surface area contributed by atoms with Gasteiger partial charge in [-0.15, -0.1) is 0 Å². The van der Waals surface area contributed by atoms with Crippen LogP contribution in [0.5, 0.6) is 5.75 Å². The highest BCUT2D eigenvalue weighted by molar-refractivity contribution is 7.89. The number of benzene rings is 2. The SMILES string of the molecule is COc1ccc(S(=O)(=O)N(CC(=NO)[C@H](Cc2ccccc2)NC(=O)O[C@H]2CO[C@H]3OCC[C@H]32)CC(C)C)cc1. The number of carbonyl (C=O) groups excluding carboxylic acids is 1. The first-order chi connectivity index (χ1) is 19.2. The Morgan fingerprint density at radius 2 is 1.88 bits per heavy atom. The van der Waals surface area contributed by atoms with Crippen molar-refractivity contribution in [2.75, 3.05) is 33.4 Å². The van der Waals surface area contributed by atoms with Crippen LogP contribution >= 0.6 is 0 Å². The van der Waals surface area contributed by atoms with Crippen molar-refractivity contribution in [3.63, 3.8) is 0 Å². The van der Waals surface area contributed by atoms with Crippen molar-refractivity contribution < 1.29 is 37.4 Å². The van der Waals surface area contributed by atoms with Crippen LogP contribution in [-0.4, -0.2) is 81.6 Å². The quantitative estimate of drug-likeness (QED) is 0.224. The van der Waals surface area contributed by atoms with Crippen LogP contribution in [0.3, 0.4) is 0 Å². The lowest BCUT2D eigenvalue weighted by atomic mass is 10.0. The molecule has 11 nitrogen and oxygen atoms in total. The van der Waals surface area contributed by atoms with Crippen LogP contribution in [0.25, 0.3) is 0 Å². The highest BCUT2D eigenvalue weighted by Gasteiger charge is 2.44. The average molecular weight is 576 g/mol. The van der Waals surface area contributed by atoms with Gasteiger partial charge < -0.3 is 29.5 Å². The van der Waals surface area contributed by atoms with Gasteiger partial charge >= 0.3 is 6.09 Å². The molecule has 0 unspecified atom stereocenters. The molecule has 2 fully saturated rings. The lowest BCUT2D eigenvalue weighted by molar-refractivity contribution is -0.0907. The molecule has 218 valence electrons. The summed E-state index contributed by atoms with van der Waals surface area (Å²) in [5, 5.41) is 16.4. The second-order valence-electron chi connectivity index (χ2n) is 10.3. The second kappa shape index (κ2) is 13.4. The summed E-state index contributed by atoms with van der Waals surface area (Å²) in [5.74, 6) is 0.462. The average Bonchev–Trinajstić information content (AvgIpc) is 3.56. The molecule has 0 bridgehead atoms. The molecule has 2 aliphatic heterocycles. The Labute approximate surface area is 235 Å². The van der Waals surface area contributed by atoms with Gasteiger partial charge in [0, 0.05) is 6.54 Å². The van der Waals surface area contributed by atoms with Crippen molar-refractivity contribution >= 4 is 21.8 Å². The van der Waals surface area contributed by atoms with Gasteiger partial charge in [0.05, 0.1) is 49.4 Å². The minimum absolute atomic E-state index is 0.0255. The number of oxime groups is 1. The molecule has 2 saturated heterocycles. The maximum Gasteiger partial charge on any atom is 0.408 e. The van der Waals surface area contributed by atoms with Crippen LogP contribution in [0.15, 0.2) is 64.6 Å². The largest absolute Gasteiger partial charge is 0.497 e. The summed E-state index contributed by atoms with van der Waals surface area (Å²) in [5.41, 5.74) is 0.930. The number of hydrogen-bond acceptors (Lipinski definition) is 9. The number of alkyl carbamates (subject to hydrolysis) is 1. The first-order valence-electron chi connectivity index (χ1n) is 13.3. The summed E-state index contributed by atoms with van der Waals surface area (Å²) in [4.78, 5) is 13.1. The Balaban J connectivity index is 1.56. The van der Waals surface area contributed by atoms with Crippen LogP contribution in [0.4, 0.5) is 4.79 Å². The summed E-state index contributed by atoms with van der Waals surface area (Å²) < 4.78 is 50.5. The van der Waals surface area contributed by atoms with E-state index in [1.807, 2.05) is 44.2 Å². The topological polar surface area (TPSA) is 136 Å². The summed E-state index contributed by atoms with van der Waals surface area (Å²) in [6.07, 6.45) is -0.569. The molecule has 2 aromatic rings. The number of sulfonamides is 1. The van der Waals surface area contributed by atoms with E-state index in [4.69, 9.17) is 18.9 Å². The van der Waals surface area contributed by atoms with Crippen molar-refractivity contribution in [3.8, 4) is 5.75 Å². The number of fused-ring (bicyclic) bond motifs is 1. The van der Waals surface area contributed by atoms with Crippen LogP contribution < -0.4 is 10.1 Å². The third kappa shape index (κ3) is 7.30. The van der Waals surface area contributed by atoms with Gasteiger partial charge in [-0.1, -0.05) is 49.3 Å². The number of nitrogens with one attached hydrogen (secondary N) is 1. The zero-order chi connectivity index (χ0) is 28.7. The fraction of sp³-hybridized carbons (Fsp3) is 0.500. The monoisotopic (exact) mass is 575 g/mol. The number of carbonyl (C=O) groups is 1. The summed E-state index contributed by atoms with van der Waals surface area (Å²) in [7, 11) is -2.48. The zero-order valence-electron chi connectivity index (χ0n) is 22.9. The molecule has 40 heavy (non-hydrogen) atoms. The van der Waals surface area contributed by atoms with Crippen LogP contribution in [-0.2, 0) is 30.7 Å². The molecule has 4 atom stereocenters. The maximum absolute atomic E-state index is 13.7. The van der Waals surface area contributed by atoms with Crippen LogP contribution in [0.2, 0.25) is 0 Å². The third-order valence-corrected chi connectivity index (χ3v) is 8.78. The third-order valence-electron chi connectivity index (χ3n) is 6.95. The van der Waals surface area contributed by atoms with E-state index in [0.717, 1.165) is 12.0 Å². The van der Waals surface area contributed by atoms with Gasteiger partial charge in [-0.05, 0) is 48.6 Å². The standard InChI is InChI=1S/C28H37N3O8S/c1-19(2)16-31(40(34,35)22-11-9-21(36-3)10-12-22)17-25(30-33)24(15-20-7-5-4-6-8-20)29-28(32)39-26-18-38-27-23(26)13-14-37-27/h4-12,19,23-24,26-27,33H,13-18H2,1-3H3,(H,29,32)/t23-,24-,26-,27+/m0/s1. The van der Waals surface area contributed by atoms with E-state index in [-0.39, 0.29) is 54.9 Å². The van der Waals surface area contributed by atoms with Gasteiger partial charge in [0.1, 0.15) is 11.9 Å². The van der Waals surface area contributed by atoms with Crippen molar-refractivity contribution in [2.45, 2.75) is 50.0 Å². The lowest BCUT2D eigenvalue weighted by Gasteiger charge is -2.28. The molecule has 0 aliphatic carbocycles. The van der Waals surface area contributed by atoms with Crippen LogP contribution in [0, 0.1) is 11.8 Å². The summed E-state index contributed by atoms with van der Waals surface area (Å²) in [6, 6.07) is 14.6. The number of ether oxygens (including phenoxy) is 4. The first kappa shape index (κ1) is 29.8. The van der Waals surface area contributed by atoms with E-state index in [1.165, 1.54) is 23.5 Å². The second-order valence-corrected chi connectivity index (χ2v) is 12.3. The van der Waals surface area contributed by atoms with Gasteiger partial charge in [-0.2, -0.15) is 4.31 Å². The van der Waals surface area contributed by atoms with Crippen molar-refractivity contribution in [3.05, 3.63) is 60.2 Å². The van der Waals surface area contributed by atoms with E-state index >= 15 is 0 Å². The van der Waals surface area contributed by atoms with E-state index in [2.05, 4.69) is 10.5 Å². The van der Waals surface area contributed by atoms with Crippen molar-refractivity contribution in [1.82, 2.24) is 9.62 Å². The predicted molar refractivity (Wildman–Crippen MR) is 147 cm³/mol. The van der Waals surface area contributed by atoms with E-state index < -0.39 is 28.3 Å². The molecule has 2 aliphatic rings. The highest BCUT2D eigenvalue weighted by Crippen LogP contribution is 2.33. The fourth-order valence-electron chi connectivity index (χ4n) is 4.91.